The molecular weight excluding hydrogens is 254 g/mol. The van der Waals surface area contributed by atoms with Crippen molar-refractivity contribution in [2.24, 2.45) is 0 Å². The molecule has 0 aliphatic carbocycles. The van der Waals surface area contributed by atoms with Crippen LogP contribution >= 0.6 is 0 Å². The molecule has 0 atom stereocenters. The molecule has 0 unspecified atom stereocenters. The number of rotatable bonds is 4. The molecule has 1 amide bonds. The van der Waals surface area contributed by atoms with Crippen LogP contribution in [0, 0.1) is 0 Å². The molecule has 0 spiro atoms. The highest BCUT2D eigenvalue weighted by atomic mass is 16.5. The third kappa shape index (κ3) is 3.71. The zero-order chi connectivity index (χ0) is 14.5. The van der Waals surface area contributed by atoms with Gasteiger partial charge in [0.1, 0.15) is 0 Å². The number of amides is 1. The monoisotopic (exact) mass is 277 g/mol. The maximum absolute atomic E-state index is 12.3. The molecule has 1 saturated heterocycles. The van der Waals surface area contributed by atoms with Crippen LogP contribution in [-0.2, 0) is 11.3 Å². The largest absolute Gasteiger partial charge is 0.398 e. The molecule has 3 N–H and O–H groups in total. The number of likely N-dealkylation sites (tertiary alicyclic amines) is 1. The fourth-order valence-electron chi connectivity index (χ4n) is 2.45. The number of methoxy groups -OCH3 is 1. The van der Waals surface area contributed by atoms with E-state index in [2.05, 4.69) is 17.3 Å². The maximum Gasteiger partial charge on any atom is 0.251 e. The van der Waals surface area contributed by atoms with Crippen molar-refractivity contribution in [2.75, 3.05) is 33.0 Å². The Hall–Kier alpha value is -1.59. The van der Waals surface area contributed by atoms with E-state index in [0.717, 1.165) is 31.5 Å². The maximum atomic E-state index is 12.3. The summed E-state index contributed by atoms with van der Waals surface area (Å²) in [5.41, 5.74) is 8.01. The Kier molecular flexibility index (Phi) is 4.98. The van der Waals surface area contributed by atoms with Crippen LogP contribution in [0.2, 0.25) is 0 Å². The lowest BCUT2D eigenvalue weighted by Crippen LogP contribution is -2.43. The Labute approximate surface area is 120 Å². The Balaban J connectivity index is 2.00. The summed E-state index contributed by atoms with van der Waals surface area (Å²) < 4.78 is 5.09. The smallest absolute Gasteiger partial charge is 0.251 e. The van der Waals surface area contributed by atoms with Crippen LogP contribution in [-0.4, -0.2) is 44.1 Å². The van der Waals surface area contributed by atoms with Gasteiger partial charge in [-0.05, 0) is 51.2 Å². The first-order chi connectivity index (χ1) is 9.60. The summed E-state index contributed by atoms with van der Waals surface area (Å²) in [5.74, 6) is -0.0306. The number of nitrogen functional groups attached to an aromatic ring is 1. The molecule has 1 heterocycles. The van der Waals surface area contributed by atoms with Gasteiger partial charge in [0.25, 0.3) is 5.91 Å². The lowest BCUT2D eigenvalue weighted by Gasteiger charge is -2.29. The van der Waals surface area contributed by atoms with E-state index >= 15 is 0 Å². The lowest BCUT2D eigenvalue weighted by molar-refractivity contribution is 0.0916. The first kappa shape index (κ1) is 14.8. The van der Waals surface area contributed by atoms with Crippen molar-refractivity contribution in [3.05, 3.63) is 29.3 Å². The standard InChI is InChI=1S/C15H23N3O2/c1-18-7-5-13(6-8-18)17-15(19)11-3-4-14(16)12(9-11)10-20-2/h3-4,9,13H,5-8,10,16H2,1-2H3,(H,17,19). The van der Waals surface area contributed by atoms with Gasteiger partial charge in [0.15, 0.2) is 0 Å². The van der Waals surface area contributed by atoms with Crippen LogP contribution in [0.4, 0.5) is 5.69 Å². The number of nitrogens with zero attached hydrogens (tertiary/aromatic N) is 1. The van der Waals surface area contributed by atoms with Crippen LogP contribution < -0.4 is 11.1 Å². The van der Waals surface area contributed by atoms with Gasteiger partial charge in [0, 0.05) is 30.0 Å². The Morgan fingerprint density at radius 2 is 2.15 bits per heavy atom. The predicted molar refractivity (Wildman–Crippen MR) is 79.6 cm³/mol. The molecule has 0 bridgehead atoms. The predicted octanol–water partition coefficient (Wildman–Crippen LogP) is 1.24. The molecule has 0 aromatic heterocycles. The topological polar surface area (TPSA) is 67.6 Å². The lowest BCUT2D eigenvalue weighted by atomic mass is 10.0. The third-order valence-corrected chi connectivity index (χ3v) is 3.76. The minimum Gasteiger partial charge on any atom is -0.398 e. The molecule has 5 heteroatoms. The van der Waals surface area contributed by atoms with E-state index in [0.29, 0.717) is 17.9 Å². The number of nitrogens with one attached hydrogen (secondary N) is 1. The van der Waals surface area contributed by atoms with Gasteiger partial charge < -0.3 is 20.7 Å². The molecule has 5 nitrogen and oxygen atoms in total. The molecule has 2 rings (SSSR count). The van der Waals surface area contributed by atoms with Gasteiger partial charge in [0.2, 0.25) is 0 Å². The average Bonchev–Trinajstić information content (AvgIpc) is 2.44. The summed E-state index contributed by atoms with van der Waals surface area (Å²) in [6.07, 6.45) is 2.00. The number of hydrogen-bond acceptors (Lipinski definition) is 4. The Morgan fingerprint density at radius 1 is 1.45 bits per heavy atom. The van der Waals surface area contributed by atoms with Crippen LogP contribution in [0.3, 0.4) is 0 Å². The second-order valence-electron chi connectivity index (χ2n) is 5.40. The summed E-state index contributed by atoms with van der Waals surface area (Å²) in [6.45, 7) is 2.48. The number of carbonyl (C=O) groups excluding carboxylic acids is 1. The van der Waals surface area contributed by atoms with Gasteiger partial charge in [-0.1, -0.05) is 0 Å². The van der Waals surface area contributed by atoms with Crippen molar-refractivity contribution in [3.63, 3.8) is 0 Å². The van der Waals surface area contributed by atoms with Crippen molar-refractivity contribution in [1.82, 2.24) is 10.2 Å². The fourth-order valence-corrected chi connectivity index (χ4v) is 2.45. The molecule has 20 heavy (non-hydrogen) atoms. The van der Waals surface area contributed by atoms with E-state index in [1.807, 2.05) is 6.07 Å². The second kappa shape index (κ2) is 6.72. The summed E-state index contributed by atoms with van der Waals surface area (Å²) >= 11 is 0. The number of hydrogen-bond donors (Lipinski definition) is 2. The summed E-state index contributed by atoms with van der Waals surface area (Å²) in [7, 11) is 3.72. The van der Waals surface area contributed by atoms with Crippen LogP contribution in [0.15, 0.2) is 18.2 Å². The van der Waals surface area contributed by atoms with E-state index in [9.17, 15) is 4.79 Å². The molecule has 1 fully saturated rings. The molecule has 1 aromatic carbocycles. The summed E-state index contributed by atoms with van der Waals surface area (Å²) in [5, 5.41) is 3.10. The SMILES string of the molecule is COCc1cc(C(=O)NC2CCN(C)CC2)ccc1N. The van der Waals surface area contributed by atoms with E-state index < -0.39 is 0 Å². The highest BCUT2D eigenvalue weighted by Crippen LogP contribution is 2.16. The number of piperidine rings is 1. The van der Waals surface area contributed by atoms with Gasteiger partial charge in [-0.2, -0.15) is 0 Å². The molecule has 110 valence electrons. The minimum absolute atomic E-state index is 0.0306. The molecule has 1 aromatic rings. The van der Waals surface area contributed by atoms with E-state index in [1.165, 1.54) is 0 Å². The highest BCUT2D eigenvalue weighted by molar-refractivity contribution is 5.95. The first-order valence-corrected chi connectivity index (χ1v) is 6.97. The van der Waals surface area contributed by atoms with Gasteiger partial charge in [-0.25, -0.2) is 0 Å². The van der Waals surface area contributed by atoms with E-state index in [1.54, 1.807) is 19.2 Å². The van der Waals surface area contributed by atoms with Crippen molar-refractivity contribution in [1.29, 1.82) is 0 Å². The van der Waals surface area contributed by atoms with E-state index in [4.69, 9.17) is 10.5 Å². The van der Waals surface area contributed by atoms with Gasteiger partial charge in [0.05, 0.1) is 6.61 Å². The number of benzene rings is 1. The number of nitrogens with two attached hydrogens (primary N) is 1. The van der Waals surface area contributed by atoms with Gasteiger partial charge in [-0.15, -0.1) is 0 Å². The fraction of sp³-hybridized carbons (Fsp3) is 0.533. The Morgan fingerprint density at radius 3 is 2.80 bits per heavy atom. The van der Waals surface area contributed by atoms with Crippen LogP contribution in [0.1, 0.15) is 28.8 Å². The van der Waals surface area contributed by atoms with Crippen molar-refractivity contribution >= 4 is 11.6 Å². The summed E-state index contributed by atoms with van der Waals surface area (Å²) in [4.78, 5) is 14.5. The van der Waals surface area contributed by atoms with E-state index in [-0.39, 0.29) is 11.9 Å². The normalized spacial score (nSPS) is 17.1. The van der Waals surface area contributed by atoms with Gasteiger partial charge in [-0.3, -0.25) is 4.79 Å². The minimum atomic E-state index is -0.0306. The quantitative estimate of drug-likeness (QED) is 0.813. The van der Waals surface area contributed by atoms with Crippen LogP contribution in [0.25, 0.3) is 0 Å². The molecule has 1 aliphatic rings. The number of carbonyl (C=O) groups is 1. The third-order valence-electron chi connectivity index (χ3n) is 3.76. The van der Waals surface area contributed by atoms with Crippen molar-refractivity contribution < 1.29 is 9.53 Å². The van der Waals surface area contributed by atoms with Crippen molar-refractivity contribution in [2.45, 2.75) is 25.5 Å². The van der Waals surface area contributed by atoms with Crippen LogP contribution in [0.5, 0.6) is 0 Å². The highest BCUT2D eigenvalue weighted by Gasteiger charge is 2.19. The molecule has 1 aliphatic heterocycles. The number of ether oxygens (including phenoxy) is 1. The zero-order valence-electron chi connectivity index (χ0n) is 12.2. The number of anilines is 1. The summed E-state index contributed by atoms with van der Waals surface area (Å²) in [6, 6.07) is 5.60. The zero-order valence-corrected chi connectivity index (χ0v) is 12.2. The molecular formula is C15H23N3O2. The molecule has 0 radical (unpaired) electrons. The van der Waals surface area contributed by atoms with Crippen molar-refractivity contribution in [3.8, 4) is 0 Å². The Bertz CT molecular complexity index is 468. The van der Waals surface area contributed by atoms with Gasteiger partial charge >= 0.3 is 0 Å². The first-order valence-electron chi connectivity index (χ1n) is 6.97. The molecule has 0 saturated carbocycles. The second-order valence-corrected chi connectivity index (χ2v) is 5.40. The average molecular weight is 277 g/mol.